The predicted octanol–water partition coefficient (Wildman–Crippen LogP) is 4.35. The molecule has 1 aliphatic rings. The van der Waals surface area contributed by atoms with E-state index in [-0.39, 0.29) is 0 Å². The van der Waals surface area contributed by atoms with E-state index >= 15 is 0 Å². The van der Waals surface area contributed by atoms with Gasteiger partial charge in [0.2, 0.25) is 0 Å². The maximum absolute atomic E-state index is 10.8. The molecule has 0 aliphatic carbocycles. The van der Waals surface area contributed by atoms with Crippen molar-refractivity contribution < 1.29 is 5.11 Å². The Kier molecular flexibility index (Phi) is 5.74. The van der Waals surface area contributed by atoms with Crippen LogP contribution < -0.4 is 5.32 Å². The van der Waals surface area contributed by atoms with Gasteiger partial charge in [-0.2, -0.15) is 0 Å². The van der Waals surface area contributed by atoms with Crippen LogP contribution in [0.4, 0.5) is 0 Å². The van der Waals surface area contributed by atoms with E-state index in [4.69, 9.17) is 0 Å². The number of piperazine rings is 1. The lowest BCUT2D eigenvalue weighted by atomic mass is 10.2. The van der Waals surface area contributed by atoms with Gasteiger partial charge in [-0.1, -0.05) is 31.9 Å². The molecule has 1 saturated heterocycles. The predicted molar refractivity (Wildman–Crippen MR) is 118 cm³/mol. The molecular formula is C19H20Br3N3O. The molecule has 0 saturated carbocycles. The van der Waals surface area contributed by atoms with E-state index in [9.17, 15) is 5.11 Å². The Morgan fingerprint density at radius 2 is 1.69 bits per heavy atom. The monoisotopic (exact) mass is 543 g/mol. The Balaban J connectivity index is 1.75. The van der Waals surface area contributed by atoms with Crippen LogP contribution in [0.3, 0.4) is 0 Å². The fraction of sp³-hybridized carbons (Fsp3) is 0.368. The molecule has 0 amide bonds. The number of aromatic nitrogens is 1. The fourth-order valence-electron chi connectivity index (χ4n) is 3.78. The average molecular weight is 546 g/mol. The molecule has 2 aromatic carbocycles. The third-order valence-corrected chi connectivity index (χ3v) is 6.47. The van der Waals surface area contributed by atoms with Crippen LogP contribution in [0.2, 0.25) is 0 Å². The number of hydrogen-bond donors (Lipinski definition) is 2. The molecule has 7 heteroatoms. The topological polar surface area (TPSA) is 40.4 Å². The van der Waals surface area contributed by atoms with Gasteiger partial charge < -0.3 is 15.0 Å². The first-order valence-corrected chi connectivity index (χ1v) is 11.1. The number of benzene rings is 2. The molecular weight excluding hydrogens is 526 g/mol. The molecule has 3 aromatic rings. The van der Waals surface area contributed by atoms with E-state index in [1.807, 2.05) is 0 Å². The SMILES string of the molecule is OC(CN1CCNCC1)Cn1c2ccc(Br)cc2c2cc(Br)cc(Br)c21. The summed E-state index contributed by atoms with van der Waals surface area (Å²) in [6.45, 7) is 5.26. The number of aliphatic hydroxyl groups excluding tert-OH is 1. The van der Waals surface area contributed by atoms with Crippen molar-refractivity contribution in [2.24, 2.45) is 0 Å². The molecule has 4 rings (SSSR count). The lowest BCUT2D eigenvalue weighted by Gasteiger charge is -2.29. The number of rotatable bonds is 4. The number of nitrogens with one attached hydrogen (secondary N) is 1. The van der Waals surface area contributed by atoms with E-state index in [0.29, 0.717) is 13.1 Å². The first-order valence-electron chi connectivity index (χ1n) is 8.70. The summed E-state index contributed by atoms with van der Waals surface area (Å²) in [4.78, 5) is 2.33. The molecule has 1 aliphatic heterocycles. The molecule has 2 heterocycles. The largest absolute Gasteiger partial charge is 0.390 e. The summed E-state index contributed by atoms with van der Waals surface area (Å²) in [7, 11) is 0. The summed E-state index contributed by atoms with van der Waals surface area (Å²) in [6, 6.07) is 10.5. The lowest BCUT2D eigenvalue weighted by Crippen LogP contribution is -2.46. The Morgan fingerprint density at radius 1 is 0.962 bits per heavy atom. The Bertz CT molecular complexity index is 950. The van der Waals surface area contributed by atoms with Crippen LogP contribution in [0.1, 0.15) is 0 Å². The standard InChI is InChI=1S/C19H20Br3N3O/c20-12-1-2-18-15(7-12)16-8-13(21)9-17(22)19(16)25(18)11-14(26)10-24-5-3-23-4-6-24/h1-2,7-9,14,23,26H,3-6,10-11H2. The van der Waals surface area contributed by atoms with Crippen molar-refractivity contribution in [2.75, 3.05) is 32.7 Å². The van der Waals surface area contributed by atoms with E-state index in [1.54, 1.807) is 0 Å². The van der Waals surface area contributed by atoms with Crippen molar-refractivity contribution in [3.8, 4) is 0 Å². The van der Waals surface area contributed by atoms with Crippen LogP contribution in [-0.2, 0) is 6.54 Å². The minimum absolute atomic E-state index is 0.411. The van der Waals surface area contributed by atoms with Gasteiger partial charge in [-0.25, -0.2) is 0 Å². The van der Waals surface area contributed by atoms with Gasteiger partial charge in [0.05, 0.1) is 18.2 Å². The minimum atomic E-state index is -0.411. The highest BCUT2D eigenvalue weighted by Crippen LogP contribution is 2.37. The molecule has 1 atom stereocenters. The van der Waals surface area contributed by atoms with Gasteiger partial charge in [0.1, 0.15) is 0 Å². The molecule has 1 fully saturated rings. The van der Waals surface area contributed by atoms with Crippen LogP contribution in [0.25, 0.3) is 21.8 Å². The number of hydrogen-bond acceptors (Lipinski definition) is 3. The van der Waals surface area contributed by atoms with E-state index in [2.05, 4.69) is 92.9 Å². The van der Waals surface area contributed by atoms with Gasteiger partial charge in [-0.05, 0) is 46.3 Å². The minimum Gasteiger partial charge on any atom is -0.390 e. The van der Waals surface area contributed by atoms with Crippen molar-refractivity contribution in [3.63, 3.8) is 0 Å². The summed E-state index contributed by atoms with van der Waals surface area (Å²) in [5.74, 6) is 0. The van der Waals surface area contributed by atoms with Crippen molar-refractivity contribution in [1.82, 2.24) is 14.8 Å². The third kappa shape index (κ3) is 3.75. The molecule has 0 radical (unpaired) electrons. The third-order valence-electron chi connectivity index (χ3n) is 4.91. The Hall–Kier alpha value is -0.440. The van der Waals surface area contributed by atoms with Gasteiger partial charge in [-0.3, -0.25) is 4.90 Å². The van der Waals surface area contributed by atoms with Gasteiger partial charge in [0, 0.05) is 62.4 Å². The summed E-state index contributed by atoms with van der Waals surface area (Å²) in [5.41, 5.74) is 2.27. The zero-order chi connectivity index (χ0) is 18.3. The molecule has 138 valence electrons. The van der Waals surface area contributed by atoms with Crippen LogP contribution in [0.15, 0.2) is 43.7 Å². The average Bonchev–Trinajstić information content (AvgIpc) is 2.89. The molecule has 26 heavy (non-hydrogen) atoms. The zero-order valence-corrected chi connectivity index (χ0v) is 18.9. The number of fused-ring (bicyclic) bond motifs is 3. The quantitative estimate of drug-likeness (QED) is 0.512. The lowest BCUT2D eigenvalue weighted by molar-refractivity contribution is 0.0935. The highest BCUT2D eigenvalue weighted by atomic mass is 79.9. The Labute approximate surface area is 177 Å². The Morgan fingerprint density at radius 3 is 2.46 bits per heavy atom. The van der Waals surface area contributed by atoms with Crippen LogP contribution in [0, 0.1) is 0 Å². The van der Waals surface area contributed by atoms with Crippen molar-refractivity contribution in [2.45, 2.75) is 12.6 Å². The summed E-state index contributed by atoms with van der Waals surface area (Å²) >= 11 is 10.9. The highest BCUT2D eigenvalue weighted by molar-refractivity contribution is 9.11. The van der Waals surface area contributed by atoms with Crippen molar-refractivity contribution in [3.05, 3.63) is 43.7 Å². The first-order chi connectivity index (χ1) is 12.5. The normalized spacial score (nSPS) is 17.2. The molecule has 2 N–H and O–H groups in total. The number of aliphatic hydroxyl groups is 1. The fourth-order valence-corrected chi connectivity index (χ4v) is 5.58. The van der Waals surface area contributed by atoms with Gasteiger partial charge in [0.25, 0.3) is 0 Å². The summed E-state index contributed by atoms with van der Waals surface area (Å²) < 4.78 is 5.36. The maximum atomic E-state index is 10.8. The van der Waals surface area contributed by atoms with Crippen molar-refractivity contribution in [1.29, 1.82) is 0 Å². The number of β-amino-alcohol motifs (C(OH)–C–C–N with tert-alkyl or cyclic N) is 1. The summed E-state index contributed by atoms with van der Waals surface area (Å²) in [6.07, 6.45) is -0.411. The second-order valence-electron chi connectivity index (χ2n) is 6.76. The zero-order valence-electron chi connectivity index (χ0n) is 14.2. The maximum Gasteiger partial charge on any atom is 0.0845 e. The van der Waals surface area contributed by atoms with Gasteiger partial charge in [-0.15, -0.1) is 0 Å². The number of nitrogens with zero attached hydrogens (tertiary/aromatic N) is 2. The van der Waals surface area contributed by atoms with E-state index in [0.717, 1.165) is 50.6 Å². The highest BCUT2D eigenvalue weighted by Gasteiger charge is 2.19. The first kappa shape index (κ1) is 18.9. The van der Waals surface area contributed by atoms with Crippen molar-refractivity contribution >= 4 is 69.6 Å². The number of halogens is 3. The molecule has 4 nitrogen and oxygen atoms in total. The van der Waals surface area contributed by atoms with Gasteiger partial charge in [0.15, 0.2) is 0 Å². The summed E-state index contributed by atoms with van der Waals surface area (Å²) in [5, 5.41) is 16.5. The van der Waals surface area contributed by atoms with E-state index < -0.39 is 6.10 Å². The smallest absolute Gasteiger partial charge is 0.0845 e. The molecule has 0 spiro atoms. The molecule has 0 bridgehead atoms. The second kappa shape index (κ2) is 7.89. The van der Waals surface area contributed by atoms with Crippen LogP contribution in [0.5, 0.6) is 0 Å². The van der Waals surface area contributed by atoms with Crippen LogP contribution >= 0.6 is 47.8 Å². The molecule has 1 unspecified atom stereocenters. The van der Waals surface area contributed by atoms with Gasteiger partial charge >= 0.3 is 0 Å². The molecule has 1 aromatic heterocycles. The van der Waals surface area contributed by atoms with E-state index in [1.165, 1.54) is 10.8 Å². The van der Waals surface area contributed by atoms with Crippen LogP contribution in [-0.4, -0.2) is 53.4 Å². The second-order valence-corrected chi connectivity index (χ2v) is 9.45.